The number of rotatable bonds is 3. The normalized spacial score (nSPS) is 18.8. The van der Waals surface area contributed by atoms with Gasteiger partial charge < -0.3 is 11.1 Å². The molecule has 1 aliphatic rings. The molecule has 0 bridgehead atoms. The number of nitrogen functional groups attached to an aromatic ring is 1. The first-order chi connectivity index (χ1) is 9.65. The summed E-state index contributed by atoms with van der Waals surface area (Å²) >= 11 is 6.27. The minimum absolute atomic E-state index is 0.234. The van der Waals surface area contributed by atoms with Crippen LogP contribution in [0.2, 0.25) is 5.02 Å². The van der Waals surface area contributed by atoms with Gasteiger partial charge in [0, 0.05) is 22.8 Å². The van der Waals surface area contributed by atoms with Crippen LogP contribution in [-0.4, -0.2) is 0 Å². The summed E-state index contributed by atoms with van der Waals surface area (Å²) in [6, 6.07) is 14.9. The summed E-state index contributed by atoms with van der Waals surface area (Å²) < 4.78 is 0. The maximum absolute atomic E-state index is 6.27. The summed E-state index contributed by atoms with van der Waals surface area (Å²) in [6.45, 7) is 2.16. The van der Waals surface area contributed by atoms with Crippen molar-refractivity contribution in [2.24, 2.45) is 0 Å². The van der Waals surface area contributed by atoms with Crippen LogP contribution in [-0.2, 0) is 6.42 Å². The molecule has 0 aliphatic heterocycles. The quantitative estimate of drug-likeness (QED) is 0.828. The van der Waals surface area contributed by atoms with E-state index in [4.69, 9.17) is 17.3 Å². The molecule has 3 N–H and O–H groups in total. The summed E-state index contributed by atoms with van der Waals surface area (Å²) in [7, 11) is 0. The molecule has 0 amide bonds. The molecule has 1 aliphatic carbocycles. The second kappa shape index (κ2) is 5.47. The number of aryl methyl sites for hydroxylation is 1. The largest absolute Gasteiger partial charge is 0.399 e. The van der Waals surface area contributed by atoms with Crippen molar-refractivity contribution in [3.8, 4) is 0 Å². The lowest BCUT2D eigenvalue weighted by molar-refractivity contribution is 0.465. The lowest BCUT2D eigenvalue weighted by atomic mass is 10.0. The Morgan fingerprint density at radius 3 is 2.85 bits per heavy atom. The van der Waals surface area contributed by atoms with E-state index in [1.54, 1.807) is 0 Å². The van der Waals surface area contributed by atoms with Crippen molar-refractivity contribution < 1.29 is 0 Å². The van der Waals surface area contributed by atoms with E-state index in [1.807, 2.05) is 24.3 Å². The van der Waals surface area contributed by atoms with E-state index in [1.165, 1.54) is 11.1 Å². The molecule has 0 aromatic heterocycles. The highest BCUT2D eigenvalue weighted by Crippen LogP contribution is 2.34. The molecule has 0 saturated carbocycles. The van der Waals surface area contributed by atoms with Crippen molar-refractivity contribution >= 4 is 17.3 Å². The number of nitrogens with two attached hydrogens (primary N) is 1. The molecule has 2 nitrogen and oxygen atoms in total. The van der Waals surface area contributed by atoms with Gasteiger partial charge in [-0.15, -0.1) is 0 Å². The van der Waals surface area contributed by atoms with Gasteiger partial charge in [-0.3, -0.25) is 0 Å². The Morgan fingerprint density at radius 1 is 1.25 bits per heavy atom. The van der Waals surface area contributed by atoms with Crippen LogP contribution >= 0.6 is 11.6 Å². The molecule has 104 valence electrons. The monoisotopic (exact) mass is 286 g/mol. The first-order valence-corrected chi connectivity index (χ1v) is 7.41. The zero-order valence-corrected chi connectivity index (χ0v) is 12.3. The molecular formula is C17H19ClN2. The number of fused-ring (bicyclic) bond motifs is 1. The standard InChI is InChI=1S/C17H19ClN2/c1-11(14-4-2-3-5-16(14)18)20-17-9-6-12-10-13(19)7-8-15(12)17/h2-5,7-8,10-11,17,20H,6,9,19H2,1H3. The molecule has 0 spiro atoms. The van der Waals surface area contributed by atoms with Crippen LogP contribution in [0, 0.1) is 0 Å². The van der Waals surface area contributed by atoms with E-state index in [0.29, 0.717) is 6.04 Å². The summed E-state index contributed by atoms with van der Waals surface area (Å²) in [5.41, 5.74) is 10.6. The van der Waals surface area contributed by atoms with Crippen molar-refractivity contribution in [2.45, 2.75) is 31.8 Å². The lowest BCUT2D eigenvalue weighted by Crippen LogP contribution is -2.23. The topological polar surface area (TPSA) is 38.0 Å². The van der Waals surface area contributed by atoms with Crippen LogP contribution in [0.25, 0.3) is 0 Å². The Morgan fingerprint density at radius 2 is 2.05 bits per heavy atom. The number of hydrogen-bond donors (Lipinski definition) is 2. The highest BCUT2D eigenvalue weighted by molar-refractivity contribution is 6.31. The van der Waals surface area contributed by atoms with E-state index >= 15 is 0 Å². The van der Waals surface area contributed by atoms with E-state index in [2.05, 4.69) is 30.4 Å². The number of nitrogens with one attached hydrogen (secondary N) is 1. The van der Waals surface area contributed by atoms with Gasteiger partial charge in [0.2, 0.25) is 0 Å². The summed E-state index contributed by atoms with van der Waals surface area (Å²) in [5, 5.41) is 4.51. The number of benzene rings is 2. The van der Waals surface area contributed by atoms with Gasteiger partial charge in [-0.25, -0.2) is 0 Å². The highest BCUT2D eigenvalue weighted by Gasteiger charge is 2.24. The average Bonchev–Trinajstić information content (AvgIpc) is 2.81. The molecule has 3 rings (SSSR count). The summed E-state index contributed by atoms with van der Waals surface area (Å²) in [4.78, 5) is 0. The highest BCUT2D eigenvalue weighted by atomic mass is 35.5. The first kappa shape index (κ1) is 13.5. The lowest BCUT2D eigenvalue weighted by Gasteiger charge is -2.21. The fraction of sp³-hybridized carbons (Fsp3) is 0.294. The molecular weight excluding hydrogens is 268 g/mol. The van der Waals surface area contributed by atoms with Crippen LogP contribution < -0.4 is 11.1 Å². The summed E-state index contributed by atoms with van der Waals surface area (Å²) in [5.74, 6) is 0. The minimum Gasteiger partial charge on any atom is -0.399 e. The van der Waals surface area contributed by atoms with Crippen molar-refractivity contribution in [2.75, 3.05) is 5.73 Å². The van der Waals surface area contributed by atoms with Gasteiger partial charge in [-0.1, -0.05) is 35.9 Å². The van der Waals surface area contributed by atoms with Gasteiger partial charge >= 0.3 is 0 Å². The van der Waals surface area contributed by atoms with E-state index < -0.39 is 0 Å². The molecule has 20 heavy (non-hydrogen) atoms. The Balaban J connectivity index is 1.79. The SMILES string of the molecule is CC(NC1CCc2cc(N)ccc21)c1ccccc1Cl. The predicted octanol–water partition coefficient (Wildman–Crippen LogP) is 4.26. The molecule has 2 atom stereocenters. The fourth-order valence-corrected chi connectivity index (χ4v) is 3.33. The number of anilines is 1. The van der Waals surface area contributed by atoms with Crippen molar-refractivity contribution in [1.29, 1.82) is 0 Å². The molecule has 0 saturated heterocycles. The first-order valence-electron chi connectivity index (χ1n) is 7.04. The smallest absolute Gasteiger partial charge is 0.0453 e. The molecule has 3 heteroatoms. The van der Waals surface area contributed by atoms with Gasteiger partial charge in [0.15, 0.2) is 0 Å². The molecule has 2 aromatic carbocycles. The zero-order valence-electron chi connectivity index (χ0n) is 11.6. The van der Waals surface area contributed by atoms with Gasteiger partial charge in [0.1, 0.15) is 0 Å². The maximum atomic E-state index is 6.27. The Bertz CT molecular complexity index is 624. The number of hydrogen-bond acceptors (Lipinski definition) is 2. The van der Waals surface area contributed by atoms with Crippen LogP contribution in [0.15, 0.2) is 42.5 Å². The van der Waals surface area contributed by atoms with Crippen LogP contribution in [0.4, 0.5) is 5.69 Å². The Hall–Kier alpha value is -1.51. The maximum Gasteiger partial charge on any atom is 0.0453 e. The Kier molecular flexibility index (Phi) is 3.68. The fourth-order valence-electron chi connectivity index (χ4n) is 3.03. The van der Waals surface area contributed by atoms with Gasteiger partial charge in [-0.05, 0) is 54.7 Å². The summed E-state index contributed by atoms with van der Waals surface area (Å²) in [6.07, 6.45) is 2.21. The van der Waals surface area contributed by atoms with Gasteiger partial charge in [0.05, 0.1) is 0 Å². The molecule has 0 radical (unpaired) electrons. The van der Waals surface area contributed by atoms with Gasteiger partial charge in [-0.2, -0.15) is 0 Å². The second-order valence-electron chi connectivity index (χ2n) is 5.46. The minimum atomic E-state index is 0.234. The Labute approximate surface area is 125 Å². The van der Waals surface area contributed by atoms with E-state index in [-0.39, 0.29) is 6.04 Å². The van der Waals surface area contributed by atoms with Crippen LogP contribution in [0.1, 0.15) is 42.1 Å². The van der Waals surface area contributed by atoms with E-state index in [0.717, 1.165) is 29.1 Å². The van der Waals surface area contributed by atoms with Crippen molar-refractivity contribution in [3.05, 3.63) is 64.2 Å². The number of halogens is 1. The zero-order chi connectivity index (χ0) is 14.1. The third-order valence-electron chi connectivity index (χ3n) is 4.07. The second-order valence-corrected chi connectivity index (χ2v) is 5.87. The molecule has 0 fully saturated rings. The van der Waals surface area contributed by atoms with E-state index in [9.17, 15) is 0 Å². The molecule has 2 unspecified atom stereocenters. The third-order valence-corrected chi connectivity index (χ3v) is 4.41. The molecule has 2 aromatic rings. The van der Waals surface area contributed by atoms with Crippen LogP contribution in [0.3, 0.4) is 0 Å². The third kappa shape index (κ3) is 2.54. The van der Waals surface area contributed by atoms with Crippen LogP contribution in [0.5, 0.6) is 0 Å². The van der Waals surface area contributed by atoms with Crippen molar-refractivity contribution in [3.63, 3.8) is 0 Å². The molecule has 0 heterocycles. The predicted molar refractivity (Wildman–Crippen MR) is 84.9 cm³/mol. The van der Waals surface area contributed by atoms with Crippen molar-refractivity contribution in [1.82, 2.24) is 5.32 Å². The average molecular weight is 287 g/mol. The van der Waals surface area contributed by atoms with Gasteiger partial charge in [0.25, 0.3) is 0 Å².